The summed E-state index contributed by atoms with van der Waals surface area (Å²) < 4.78 is 55.3. The maximum absolute atomic E-state index is 13.9. The molecule has 1 saturated heterocycles. The fourth-order valence-electron chi connectivity index (χ4n) is 2.99. The van der Waals surface area contributed by atoms with E-state index in [0.29, 0.717) is 19.6 Å². The van der Waals surface area contributed by atoms with E-state index in [1.165, 1.54) is 4.31 Å². The lowest BCUT2D eigenvalue weighted by atomic mass is 10.3. The third-order valence-corrected chi connectivity index (χ3v) is 6.30. The molecule has 0 unspecified atom stereocenters. The average Bonchev–Trinajstić information content (AvgIpc) is 3.05. The first-order valence-electron chi connectivity index (χ1n) is 8.45. The van der Waals surface area contributed by atoms with Gasteiger partial charge in [0.1, 0.15) is 23.1 Å². The predicted molar refractivity (Wildman–Crippen MR) is 87.6 cm³/mol. The zero-order valence-electron chi connectivity index (χ0n) is 14.4. The van der Waals surface area contributed by atoms with Gasteiger partial charge < -0.3 is 4.90 Å². The first kappa shape index (κ1) is 18.8. The third-order valence-electron chi connectivity index (χ3n) is 4.39. The molecule has 0 atom stereocenters. The summed E-state index contributed by atoms with van der Waals surface area (Å²) in [4.78, 5) is 0.524. The number of hydrogen-bond acceptors (Lipinski definition) is 5. The van der Waals surface area contributed by atoms with Crippen molar-refractivity contribution in [1.29, 1.82) is 0 Å². The molecule has 11 heteroatoms. The predicted octanol–water partition coefficient (Wildman–Crippen LogP) is -0.549. The molecule has 2 aromatic rings. The molecule has 0 bridgehead atoms. The van der Waals surface area contributed by atoms with Gasteiger partial charge in [-0.3, -0.25) is 0 Å². The number of sulfonamides is 1. The molecule has 0 saturated carbocycles. The molecule has 0 radical (unpaired) electrons. The van der Waals surface area contributed by atoms with Crippen molar-refractivity contribution in [3.63, 3.8) is 0 Å². The van der Waals surface area contributed by atoms with Crippen LogP contribution in [0.1, 0.15) is 19.2 Å². The van der Waals surface area contributed by atoms with Crippen molar-refractivity contribution in [2.75, 3.05) is 26.2 Å². The van der Waals surface area contributed by atoms with E-state index in [2.05, 4.69) is 15.5 Å². The molecular weight excluding hydrogens is 366 g/mol. The van der Waals surface area contributed by atoms with Crippen molar-refractivity contribution in [2.24, 2.45) is 0 Å². The number of halogens is 2. The second kappa shape index (κ2) is 7.72. The Bertz CT molecular complexity index is 865. The van der Waals surface area contributed by atoms with Crippen molar-refractivity contribution in [2.45, 2.75) is 31.3 Å². The number of quaternary nitrogens is 1. The minimum absolute atomic E-state index is 0.225. The van der Waals surface area contributed by atoms with Gasteiger partial charge in [-0.25, -0.2) is 21.9 Å². The van der Waals surface area contributed by atoms with Crippen LogP contribution < -0.4 is 4.90 Å². The molecule has 26 heavy (non-hydrogen) atoms. The van der Waals surface area contributed by atoms with Gasteiger partial charge in [0.05, 0.1) is 26.2 Å². The van der Waals surface area contributed by atoms with E-state index in [-0.39, 0.29) is 13.1 Å². The molecule has 0 spiro atoms. The van der Waals surface area contributed by atoms with Gasteiger partial charge in [-0.05, 0) is 35.0 Å². The zero-order valence-corrected chi connectivity index (χ0v) is 15.2. The largest absolute Gasteiger partial charge is 0.326 e. The van der Waals surface area contributed by atoms with E-state index in [1.807, 2.05) is 6.92 Å². The number of hydrogen-bond donors (Lipinski definition) is 1. The van der Waals surface area contributed by atoms with Crippen LogP contribution in [0.3, 0.4) is 0 Å². The van der Waals surface area contributed by atoms with Crippen LogP contribution in [0.25, 0.3) is 0 Å². The summed E-state index contributed by atoms with van der Waals surface area (Å²) in [6, 6.07) is 2.46. The molecule has 1 fully saturated rings. The lowest BCUT2D eigenvalue weighted by Gasteiger charge is -2.31. The number of nitrogens with zero attached hydrogens (tertiary/aromatic N) is 5. The molecular formula is C15H21F2N6O2S+. The second-order valence-corrected chi connectivity index (χ2v) is 8.13. The Labute approximate surface area is 150 Å². The number of aryl methyl sites for hydroxylation is 1. The fraction of sp³-hybridized carbons (Fsp3) is 0.533. The molecule has 142 valence electrons. The van der Waals surface area contributed by atoms with Gasteiger partial charge in [0.15, 0.2) is 0 Å². The summed E-state index contributed by atoms with van der Waals surface area (Å²) >= 11 is 0. The normalized spacial score (nSPS) is 16.9. The fourth-order valence-corrected chi connectivity index (χ4v) is 4.51. The average molecular weight is 387 g/mol. The van der Waals surface area contributed by atoms with Gasteiger partial charge in [-0.2, -0.15) is 4.31 Å². The molecule has 1 aromatic heterocycles. The second-order valence-electron chi connectivity index (χ2n) is 6.22. The molecule has 8 nitrogen and oxygen atoms in total. The summed E-state index contributed by atoms with van der Waals surface area (Å²) in [5.74, 6) is -0.966. The number of nitrogens with one attached hydrogen (secondary N) is 1. The highest BCUT2D eigenvalue weighted by Crippen LogP contribution is 2.20. The van der Waals surface area contributed by atoms with E-state index in [9.17, 15) is 17.2 Å². The molecule has 2 heterocycles. The van der Waals surface area contributed by atoms with Crippen LogP contribution in [0.5, 0.6) is 0 Å². The molecule has 3 rings (SSSR count). The van der Waals surface area contributed by atoms with E-state index in [4.69, 9.17) is 0 Å². The van der Waals surface area contributed by atoms with Crippen LogP contribution in [-0.4, -0.2) is 59.1 Å². The quantitative estimate of drug-likeness (QED) is 0.719. The first-order chi connectivity index (χ1) is 12.4. The van der Waals surface area contributed by atoms with E-state index >= 15 is 0 Å². The summed E-state index contributed by atoms with van der Waals surface area (Å²) in [5, 5.41) is 11.6. The maximum atomic E-state index is 13.9. The van der Waals surface area contributed by atoms with Gasteiger partial charge in [0.2, 0.25) is 15.8 Å². The summed E-state index contributed by atoms with van der Waals surface area (Å²) in [6.45, 7) is 4.88. The highest BCUT2D eigenvalue weighted by molar-refractivity contribution is 7.89. The van der Waals surface area contributed by atoms with Crippen LogP contribution >= 0.6 is 0 Å². The van der Waals surface area contributed by atoms with Crippen LogP contribution in [0.2, 0.25) is 0 Å². The van der Waals surface area contributed by atoms with Crippen molar-refractivity contribution in [3.8, 4) is 0 Å². The maximum Gasteiger partial charge on any atom is 0.246 e. The Morgan fingerprint density at radius 3 is 2.65 bits per heavy atom. The molecule has 0 aliphatic carbocycles. The Hall–Kier alpha value is -1.98. The first-order valence-corrected chi connectivity index (χ1v) is 9.89. The minimum atomic E-state index is -4.06. The molecule has 1 N–H and O–H groups in total. The van der Waals surface area contributed by atoms with E-state index < -0.39 is 26.6 Å². The van der Waals surface area contributed by atoms with Crippen molar-refractivity contribution in [1.82, 2.24) is 24.5 Å². The SMILES string of the molecule is CCCn1nnnc1C[NH+]1CCN(S(=O)(=O)c2cc(F)ccc2F)CC1. The number of rotatable bonds is 6. The van der Waals surface area contributed by atoms with Crippen LogP contribution in [0.15, 0.2) is 23.1 Å². The topological polar surface area (TPSA) is 85.4 Å². The monoisotopic (exact) mass is 387 g/mol. The van der Waals surface area contributed by atoms with Gasteiger partial charge >= 0.3 is 0 Å². The van der Waals surface area contributed by atoms with E-state index in [1.54, 1.807) is 4.68 Å². The van der Waals surface area contributed by atoms with Crippen molar-refractivity contribution in [3.05, 3.63) is 35.7 Å². The van der Waals surface area contributed by atoms with Gasteiger partial charge in [0, 0.05) is 6.54 Å². The Kier molecular flexibility index (Phi) is 5.58. The number of tetrazole rings is 1. The van der Waals surface area contributed by atoms with Gasteiger partial charge in [0.25, 0.3) is 0 Å². The number of piperazine rings is 1. The van der Waals surface area contributed by atoms with Crippen LogP contribution in [0.4, 0.5) is 8.78 Å². The van der Waals surface area contributed by atoms with Crippen LogP contribution in [0, 0.1) is 11.6 Å². The number of benzene rings is 1. The third kappa shape index (κ3) is 3.89. The lowest BCUT2D eigenvalue weighted by molar-refractivity contribution is -0.918. The number of aromatic nitrogens is 4. The Morgan fingerprint density at radius 1 is 1.23 bits per heavy atom. The summed E-state index contributed by atoms with van der Waals surface area (Å²) in [7, 11) is -4.06. The van der Waals surface area contributed by atoms with Crippen molar-refractivity contribution >= 4 is 10.0 Å². The summed E-state index contributed by atoms with van der Waals surface area (Å²) in [6.07, 6.45) is 0.915. The van der Waals surface area contributed by atoms with Gasteiger partial charge in [-0.1, -0.05) is 6.92 Å². The highest BCUT2D eigenvalue weighted by atomic mass is 32.2. The van der Waals surface area contributed by atoms with Gasteiger partial charge in [-0.15, -0.1) is 5.10 Å². The minimum Gasteiger partial charge on any atom is -0.326 e. The van der Waals surface area contributed by atoms with Crippen LogP contribution in [-0.2, 0) is 23.1 Å². The molecule has 1 aliphatic heterocycles. The zero-order chi connectivity index (χ0) is 18.7. The smallest absolute Gasteiger partial charge is 0.246 e. The molecule has 1 aliphatic rings. The van der Waals surface area contributed by atoms with Crippen molar-refractivity contribution < 1.29 is 22.1 Å². The summed E-state index contributed by atoms with van der Waals surface area (Å²) in [5.41, 5.74) is 0. The molecule has 0 amide bonds. The Morgan fingerprint density at radius 2 is 1.96 bits per heavy atom. The lowest BCUT2D eigenvalue weighted by Crippen LogP contribution is -3.13. The van der Waals surface area contributed by atoms with E-state index in [0.717, 1.165) is 41.9 Å². The Balaban J connectivity index is 1.66. The standard InChI is InChI=1S/C15H20F2N6O2S/c1-2-5-23-15(18-19-20-23)11-21-6-8-22(9-7-21)26(24,25)14-10-12(16)3-4-13(14)17/h3-4,10H,2,5-9,11H2,1H3/p+1. The molecule has 1 aromatic carbocycles. The highest BCUT2D eigenvalue weighted by Gasteiger charge is 2.33.